The Morgan fingerprint density at radius 2 is 1.91 bits per heavy atom. The van der Waals surface area contributed by atoms with Crippen LogP contribution >= 0.6 is 0 Å². The molecule has 0 saturated carbocycles. The Morgan fingerprint density at radius 1 is 1.16 bits per heavy atom. The van der Waals surface area contributed by atoms with Gasteiger partial charge in [0.15, 0.2) is 6.10 Å². The van der Waals surface area contributed by atoms with E-state index < -0.39 is 48.1 Å². The molecule has 3 aliphatic heterocycles. The van der Waals surface area contributed by atoms with Crippen molar-refractivity contribution in [2.45, 2.75) is 56.7 Å². The largest absolute Gasteiger partial charge is 0.573 e. The predicted octanol–water partition coefficient (Wildman–Crippen LogP) is 3.95. The van der Waals surface area contributed by atoms with Gasteiger partial charge in [0.25, 0.3) is 0 Å². The molecule has 0 amide bonds. The quantitative estimate of drug-likeness (QED) is 0.493. The fourth-order valence-electron chi connectivity index (χ4n) is 3.96. The molecule has 2 fully saturated rings. The second-order valence-electron chi connectivity index (χ2n) is 7.48. The molecule has 4 rings (SSSR count). The van der Waals surface area contributed by atoms with Gasteiger partial charge in [0.2, 0.25) is 6.10 Å². The van der Waals surface area contributed by atoms with Gasteiger partial charge in [-0.3, -0.25) is 0 Å². The molecule has 0 N–H and O–H groups in total. The van der Waals surface area contributed by atoms with E-state index in [0.29, 0.717) is 13.0 Å². The van der Waals surface area contributed by atoms with Gasteiger partial charge in [-0.2, -0.15) is 13.2 Å². The second kappa shape index (κ2) is 8.14. The van der Waals surface area contributed by atoms with Crippen LogP contribution in [0.4, 0.5) is 26.3 Å². The summed E-state index contributed by atoms with van der Waals surface area (Å²) in [5.74, 6) is -2.23. The Bertz CT molecular complexity index is 924. The van der Waals surface area contributed by atoms with Gasteiger partial charge in [0, 0.05) is 12.2 Å². The molecule has 2 saturated heterocycles. The summed E-state index contributed by atoms with van der Waals surface area (Å²) in [4.78, 5) is 12.7. The van der Waals surface area contributed by atoms with Crippen molar-refractivity contribution in [1.82, 2.24) is 0 Å². The van der Waals surface area contributed by atoms with Crippen LogP contribution < -0.4 is 9.47 Å². The monoisotopic (exact) mass is 468 g/mol. The summed E-state index contributed by atoms with van der Waals surface area (Å²) in [6, 6.07) is 1.81. The van der Waals surface area contributed by atoms with Crippen LogP contribution in [0.1, 0.15) is 24.5 Å². The molecule has 3 aliphatic rings. The standard InChI is InChI=1S/C20H18F6O6/c1-2-9-5-11(32-20(24,25)26)6-10-7-12(17(19(21,22)23)31-15(9)10)18(27)30-14-8-29-13-3-4-28-16(13)14/h5-7,13-14,16-17H,2-4,8H2,1H3. The summed E-state index contributed by atoms with van der Waals surface area (Å²) >= 11 is 0. The second-order valence-corrected chi connectivity index (χ2v) is 7.48. The molecule has 0 spiro atoms. The Kier molecular flexibility index (Phi) is 5.78. The summed E-state index contributed by atoms with van der Waals surface area (Å²) in [6.07, 6.45) is -13.0. The molecular formula is C20H18F6O6. The molecule has 12 heteroatoms. The van der Waals surface area contributed by atoms with E-state index in [4.69, 9.17) is 18.9 Å². The zero-order valence-corrected chi connectivity index (χ0v) is 16.6. The van der Waals surface area contributed by atoms with Crippen molar-refractivity contribution in [2.24, 2.45) is 0 Å². The van der Waals surface area contributed by atoms with E-state index in [1.807, 2.05) is 0 Å². The lowest BCUT2D eigenvalue weighted by atomic mass is 9.97. The molecule has 0 radical (unpaired) electrons. The fraction of sp³-hybridized carbons (Fsp3) is 0.550. The van der Waals surface area contributed by atoms with Gasteiger partial charge >= 0.3 is 18.5 Å². The molecule has 3 heterocycles. The minimum Gasteiger partial charge on any atom is -0.475 e. The van der Waals surface area contributed by atoms with Crippen molar-refractivity contribution in [3.63, 3.8) is 0 Å². The van der Waals surface area contributed by atoms with Gasteiger partial charge in [-0.05, 0) is 36.6 Å². The van der Waals surface area contributed by atoms with Crippen LogP contribution in [0.25, 0.3) is 6.08 Å². The first-order valence-electron chi connectivity index (χ1n) is 9.78. The van der Waals surface area contributed by atoms with Crippen LogP contribution in [0.5, 0.6) is 11.5 Å². The third kappa shape index (κ3) is 4.51. The zero-order valence-electron chi connectivity index (χ0n) is 16.6. The number of benzene rings is 1. The van der Waals surface area contributed by atoms with Gasteiger partial charge in [0.05, 0.1) is 18.3 Å². The highest BCUT2D eigenvalue weighted by Gasteiger charge is 2.51. The van der Waals surface area contributed by atoms with Crippen molar-refractivity contribution in [3.05, 3.63) is 28.8 Å². The van der Waals surface area contributed by atoms with Crippen LogP contribution in [-0.2, 0) is 25.4 Å². The average molecular weight is 468 g/mol. The molecule has 0 bridgehead atoms. The molecule has 4 atom stereocenters. The summed E-state index contributed by atoms with van der Waals surface area (Å²) < 4.78 is 104. The van der Waals surface area contributed by atoms with Gasteiger partial charge < -0.3 is 23.7 Å². The Hall–Kier alpha value is -2.47. The molecule has 176 valence electrons. The van der Waals surface area contributed by atoms with Crippen molar-refractivity contribution in [2.75, 3.05) is 13.2 Å². The first-order valence-corrected chi connectivity index (χ1v) is 9.78. The maximum Gasteiger partial charge on any atom is 0.573 e. The molecule has 0 aliphatic carbocycles. The van der Waals surface area contributed by atoms with Crippen molar-refractivity contribution in [3.8, 4) is 11.5 Å². The Morgan fingerprint density at radius 3 is 2.56 bits per heavy atom. The van der Waals surface area contributed by atoms with E-state index in [9.17, 15) is 31.1 Å². The van der Waals surface area contributed by atoms with Crippen molar-refractivity contribution in [1.29, 1.82) is 0 Å². The van der Waals surface area contributed by atoms with E-state index in [1.165, 1.54) is 6.92 Å². The smallest absolute Gasteiger partial charge is 0.475 e. The number of alkyl halides is 6. The van der Waals surface area contributed by atoms with Gasteiger partial charge in [-0.25, -0.2) is 4.79 Å². The molecule has 1 aromatic rings. The number of hydrogen-bond acceptors (Lipinski definition) is 6. The van der Waals surface area contributed by atoms with Gasteiger partial charge in [-0.1, -0.05) is 6.92 Å². The highest BCUT2D eigenvalue weighted by atomic mass is 19.4. The average Bonchev–Trinajstić information content (AvgIpc) is 3.29. The molecular weight excluding hydrogens is 450 g/mol. The van der Waals surface area contributed by atoms with Gasteiger partial charge in [0.1, 0.15) is 17.6 Å². The summed E-state index contributed by atoms with van der Waals surface area (Å²) in [5, 5.41) is 0. The predicted molar refractivity (Wildman–Crippen MR) is 94.9 cm³/mol. The number of fused-ring (bicyclic) bond motifs is 2. The SMILES string of the molecule is CCc1cc(OC(F)(F)F)cc2c1OC(C(F)(F)F)C(C(=O)OC1COC3CCOC31)=C2. The highest BCUT2D eigenvalue weighted by Crippen LogP contribution is 2.42. The number of ether oxygens (including phenoxy) is 5. The van der Waals surface area contributed by atoms with E-state index in [1.54, 1.807) is 0 Å². The molecule has 32 heavy (non-hydrogen) atoms. The molecule has 0 aromatic heterocycles. The summed E-state index contributed by atoms with van der Waals surface area (Å²) in [7, 11) is 0. The van der Waals surface area contributed by atoms with Crippen molar-refractivity contribution >= 4 is 12.0 Å². The Balaban J connectivity index is 1.68. The van der Waals surface area contributed by atoms with Gasteiger partial charge in [-0.15, -0.1) is 13.2 Å². The van der Waals surface area contributed by atoms with Crippen LogP contribution in [0.15, 0.2) is 17.7 Å². The Labute approximate surface area is 178 Å². The van der Waals surface area contributed by atoms with E-state index in [2.05, 4.69) is 4.74 Å². The summed E-state index contributed by atoms with van der Waals surface area (Å²) in [6.45, 7) is 1.87. The molecule has 6 nitrogen and oxygen atoms in total. The minimum atomic E-state index is -5.00. The summed E-state index contributed by atoms with van der Waals surface area (Å²) in [5.41, 5.74) is -0.988. The lowest BCUT2D eigenvalue weighted by Crippen LogP contribution is -2.42. The number of rotatable bonds is 4. The third-order valence-electron chi connectivity index (χ3n) is 5.32. The van der Waals surface area contributed by atoms with Crippen LogP contribution in [0.2, 0.25) is 0 Å². The lowest BCUT2D eigenvalue weighted by Gasteiger charge is -2.30. The number of halogens is 6. The zero-order chi connectivity index (χ0) is 23.3. The normalized spacial score (nSPS) is 27.3. The fourth-order valence-corrected chi connectivity index (χ4v) is 3.96. The van der Waals surface area contributed by atoms with E-state index in [0.717, 1.165) is 18.2 Å². The number of hydrogen-bond donors (Lipinski definition) is 0. The first-order chi connectivity index (χ1) is 15.0. The number of carbonyl (C=O) groups is 1. The van der Waals surface area contributed by atoms with E-state index in [-0.39, 0.29) is 36.0 Å². The third-order valence-corrected chi connectivity index (χ3v) is 5.32. The maximum absolute atomic E-state index is 13.7. The molecule has 1 aromatic carbocycles. The van der Waals surface area contributed by atoms with Crippen LogP contribution in [-0.4, -0.2) is 56.1 Å². The highest BCUT2D eigenvalue weighted by molar-refractivity contribution is 5.96. The van der Waals surface area contributed by atoms with Crippen LogP contribution in [0, 0.1) is 0 Å². The first kappa shape index (κ1) is 22.7. The number of carbonyl (C=O) groups excluding carboxylic acids is 1. The number of aryl methyl sites for hydroxylation is 1. The molecule has 4 unspecified atom stereocenters. The maximum atomic E-state index is 13.7. The number of esters is 1. The van der Waals surface area contributed by atoms with Crippen LogP contribution in [0.3, 0.4) is 0 Å². The van der Waals surface area contributed by atoms with E-state index >= 15 is 0 Å². The van der Waals surface area contributed by atoms with Crippen molar-refractivity contribution < 1.29 is 54.8 Å². The minimum absolute atomic E-state index is 0.0357. The lowest BCUT2D eigenvalue weighted by molar-refractivity contribution is -0.274. The topological polar surface area (TPSA) is 63.2 Å².